The highest BCUT2D eigenvalue weighted by atomic mass is 79.9. The van der Waals surface area contributed by atoms with Gasteiger partial charge in [0.2, 0.25) is 0 Å². The van der Waals surface area contributed by atoms with Gasteiger partial charge in [-0.3, -0.25) is 4.90 Å². The van der Waals surface area contributed by atoms with E-state index in [0.29, 0.717) is 6.54 Å². The Bertz CT molecular complexity index is 407. The number of hydrogen-bond acceptors (Lipinski definition) is 2. The first-order valence-corrected chi connectivity index (χ1v) is 7.71. The predicted octanol–water partition coefficient (Wildman–Crippen LogP) is 3.83. The minimum absolute atomic E-state index is 0.223. The molecule has 18 heavy (non-hydrogen) atoms. The van der Waals surface area contributed by atoms with Crippen molar-refractivity contribution in [1.82, 2.24) is 4.90 Å². The third kappa shape index (κ3) is 3.47. The number of nitrogens with zero attached hydrogens (tertiary/aromatic N) is 1. The van der Waals surface area contributed by atoms with E-state index in [9.17, 15) is 0 Å². The van der Waals surface area contributed by atoms with Gasteiger partial charge in [-0.2, -0.15) is 0 Å². The van der Waals surface area contributed by atoms with E-state index in [2.05, 4.69) is 33.8 Å². The van der Waals surface area contributed by atoms with Crippen LogP contribution >= 0.6 is 27.5 Å². The summed E-state index contributed by atoms with van der Waals surface area (Å²) in [6.07, 6.45) is 2.72. The lowest BCUT2D eigenvalue weighted by molar-refractivity contribution is 0.203. The maximum atomic E-state index is 6.32. The molecular weight excluding hydrogens is 312 g/mol. The normalized spacial score (nSPS) is 17.2. The van der Waals surface area contributed by atoms with Crippen molar-refractivity contribution in [2.45, 2.75) is 25.8 Å². The number of rotatable bonds is 6. The van der Waals surface area contributed by atoms with Gasteiger partial charge >= 0.3 is 0 Å². The van der Waals surface area contributed by atoms with E-state index in [4.69, 9.17) is 17.3 Å². The zero-order valence-electron chi connectivity index (χ0n) is 10.7. The van der Waals surface area contributed by atoms with E-state index in [0.717, 1.165) is 34.1 Å². The molecular formula is C14H20BrClN2. The standard InChI is InChI=1S/C14H20BrClN2/c1-2-18(9-10-3-4-10)14(8-17)12-7-11(15)5-6-13(12)16/h5-7,10,14H,2-4,8-9,17H2,1H3. The van der Waals surface area contributed by atoms with E-state index in [1.54, 1.807) is 0 Å². The molecule has 2 rings (SSSR count). The van der Waals surface area contributed by atoms with E-state index >= 15 is 0 Å². The molecule has 0 aliphatic heterocycles. The van der Waals surface area contributed by atoms with E-state index in [-0.39, 0.29) is 6.04 Å². The highest BCUT2D eigenvalue weighted by Crippen LogP contribution is 2.34. The summed E-state index contributed by atoms with van der Waals surface area (Å²) in [7, 11) is 0. The van der Waals surface area contributed by atoms with E-state index in [1.807, 2.05) is 12.1 Å². The molecule has 0 spiro atoms. The Morgan fingerprint density at radius 2 is 2.22 bits per heavy atom. The summed E-state index contributed by atoms with van der Waals surface area (Å²) in [6, 6.07) is 6.22. The first-order valence-electron chi connectivity index (χ1n) is 6.54. The summed E-state index contributed by atoms with van der Waals surface area (Å²) in [6.45, 7) is 4.95. The van der Waals surface area contributed by atoms with Gasteiger partial charge in [0.25, 0.3) is 0 Å². The second-order valence-corrected chi connectivity index (χ2v) is 6.27. The number of hydrogen-bond donors (Lipinski definition) is 1. The van der Waals surface area contributed by atoms with Crippen LogP contribution in [0.4, 0.5) is 0 Å². The quantitative estimate of drug-likeness (QED) is 0.858. The molecule has 0 radical (unpaired) electrons. The Morgan fingerprint density at radius 3 is 2.78 bits per heavy atom. The summed E-state index contributed by atoms with van der Waals surface area (Å²) >= 11 is 9.83. The summed E-state index contributed by atoms with van der Waals surface area (Å²) in [5.41, 5.74) is 7.12. The Kier molecular flexibility index (Phi) is 5.07. The fraction of sp³-hybridized carbons (Fsp3) is 0.571. The average molecular weight is 332 g/mol. The van der Waals surface area contributed by atoms with Crippen LogP contribution in [0.15, 0.2) is 22.7 Å². The van der Waals surface area contributed by atoms with Gasteiger partial charge in [-0.05, 0) is 49.1 Å². The first kappa shape index (κ1) is 14.3. The van der Waals surface area contributed by atoms with Crippen molar-refractivity contribution >= 4 is 27.5 Å². The molecule has 0 heterocycles. The number of halogens is 2. The maximum Gasteiger partial charge on any atom is 0.0485 e. The van der Waals surface area contributed by atoms with Gasteiger partial charge in [0.05, 0.1) is 0 Å². The van der Waals surface area contributed by atoms with Crippen LogP contribution in [0.2, 0.25) is 5.02 Å². The second-order valence-electron chi connectivity index (χ2n) is 4.95. The Labute approximate surface area is 123 Å². The smallest absolute Gasteiger partial charge is 0.0485 e. The lowest BCUT2D eigenvalue weighted by Crippen LogP contribution is -2.35. The van der Waals surface area contributed by atoms with Crippen LogP contribution in [0.25, 0.3) is 0 Å². The summed E-state index contributed by atoms with van der Waals surface area (Å²) in [4.78, 5) is 2.45. The Balaban J connectivity index is 2.21. The molecule has 100 valence electrons. The van der Waals surface area contributed by atoms with Gasteiger partial charge in [-0.1, -0.05) is 34.5 Å². The first-order chi connectivity index (χ1) is 8.65. The van der Waals surface area contributed by atoms with Gasteiger partial charge in [0, 0.05) is 28.6 Å². The average Bonchev–Trinajstić information content (AvgIpc) is 3.17. The lowest BCUT2D eigenvalue weighted by Gasteiger charge is -2.31. The molecule has 0 aromatic heterocycles. The SMILES string of the molecule is CCN(CC1CC1)C(CN)c1cc(Br)ccc1Cl. The van der Waals surface area contributed by atoms with E-state index in [1.165, 1.54) is 12.8 Å². The van der Waals surface area contributed by atoms with Gasteiger partial charge in [0.15, 0.2) is 0 Å². The molecule has 1 aliphatic rings. The maximum absolute atomic E-state index is 6.32. The topological polar surface area (TPSA) is 29.3 Å². The molecule has 1 aromatic carbocycles. The molecule has 2 N–H and O–H groups in total. The third-order valence-corrected chi connectivity index (χ3v) is 4.41. The van der Waals surface area contributed by atoms with Crippen LogP contribution in [0, 0.1) is 5.92 Å². The molecule has 1 unspecified atom stereocenters. The molecule has 0 saturated heterocycles. The molecule has 0 amide bonds. The molecule has 4 heteroatoms. The van der Waals surface area contributed by atoms with Crippen molar-refractivity contribution in [1.29, 1.82) is 0 Å². The van der Waals surface area contributed by atoms with Crippen LogP contribution in [0.5, 0.6) is 0 Å². The fourth-order valence-corrected chi connectivity index (χ4v) is 2.97. The Morgan fingerprint density at radius 1 is 1.50 bits per heavy atom. The van der Waals surface area contributed by atoms with Crippen LogP contribution in [0.1, 0.15) is 31.4 Å². The van der Waals surface area contributed by atoms with Crippen molar-refractivity contribution < 1.29 is 0 Å². The molecule has 1 saturated carbocycles. The summed E-state index contributed by atoms with van der Waals surface area (Å²) in [5, 5.41) is 0.808. The fourth-order valence-electron chi connectivity index (χ4n) is 2.35. The minimum atomic E-state index is 0.223. The summed E-state index contributed by atoms with van der Waals surface area (Å²) < 4.78 is 1.06. The van der Waals surface area contributed by atoms with E-state index < -0.39 is 0 Å². The molecule has 1 aromatic rings. The largest absolute Gasteiger partial charge is 0.329 e. The van der Waals surface area contributed by atoms with Crippen molar-refractivity contribution in [3.05, 3.63) is 33.3 Å². The molecule has 2 nitrogen and oxygen atoms in total. The number of nitrogens with two attached hydrogens (primary N) is 1. The molecule has 0 bridgehead atoms. The lowest BCUT2D eigenvalue weighted by atomic mass is 10.0. The second kappa shape index (κ2) is 6.38. The zero-order chi connectivity index (χ0) is 13.1. The van der Waals surface area contributed by atoms with Gasteiger partial charge in [-0.25, -0.2) is 0 Å². The summed E-state index contributed by atoms with van der Waals surface area (Å²) in [5.74, 6) is 0.866. The van der Waals surface area contributed by atoms with Crippen LogP contribution < -0.4 is 5.73 Å². The van der Waals surface area contributed by atoms with Gasteiger partial charge < -0.3 is 5.73 Å². The van der Waals surface area contributed by atoms with Gasteiger partial charge in [-0.15, -0.1) is 0 Å². The van der Waals surface area contributed by atoms with Crippen molar-refractivity contribution in [3.63, 3.8) is 0 Å². The molecule has 1 aliphatic carbocycles. The van der Waals surface area contributed by atoms with Crippen LogP contribution in [-0.4, -0.2) is 24.5 Å². The van der Waals surface area contributed by atoms with Crippen LogP contribution in [0.3, 0.4) is 0 Å². The number of likely N-dealkylation sites (N-methyl/N-ethyl adjacent to an activating group) is 1. The van der Waals surface area contributed by atoms with Gasteiger partial charge in [0.1, 0.15) is 0 Å². The minimum Gasteiger partial charge on any atom is -0.329 e. The number of benzene rings is 1. The van der Waals surface area contributed by atoms with Crippen molar-refractivity contribution in [3.8, 4) is 0 Å². The molecule has 1 atom stereocenters. The third-order valence-electron chi connectivity index (χ3n) is 3.58. The highest BCUT2D eigenvalue weighted by molar-refractivity contribution is 9.10. The van der Waals surface area contributed by atoms with Crippen molar-refractivity contribution in [2.75, 3.05) is 19.6 Å². The predicted molar refractivity (Wildman–Crippen MR) is 80.9 cm³/mol. The highest BCUT2D eigenvalue weighted by Gasteiger charge is 2.28. The Hall–Kier alpha value is -0.0900. The van der Waals surface area contributed by atoms with Crippen molar-refractivity contribution in [2.24, 2.45) is 11.7 Å². The molecule has 1 fully saturated rings. The van der Waals surface area contributed by atoms with Crippen LogP contribution in [-0.2, 0) is 0 Å². The monoisotopic (exact) mass is 330 g/mol. The zero-order valence-corrected chi connectivity index (χ0v) is 13.0.